The summed E-state index contributed by atoms with van der Waals surface area (Å²) < 4.78 is 0. The third kappa shape index (κ3) is 3.02. The van der Waals surface area contributed by atoms with Gasteiger partial charge in [0.15, 0.2) is 10.2 Å². The predicted molar refractivity (Wildman–Crippen MR) is 71.2 cm³/mol. The number of non-ortho nitro benzene ring substituents is 1. The number of thiazole rings is 1. The Morgan fingerprint density at radius 1 is 1.44 bits per heavy atom. The van der Waals surface area contributed by atoms with Gasteiger partial charge >= 0.3 is 0 Å². The van der Waals surface area contributed by atoms with E-state index in [2.05, 4.69) is 15.5 Å². The third-order valence-corrected chi connectivity index (χ3v) is 3.13. The molecule has 0 spiro atoms. The van der Waals surface area contributed by atoms with Crippen molar-refractivity contribution in [2.75, 3.05) is 5.43 Å². The van der Waals surface area contributed by atoms with Gasteiger partial charge in [-0.3, -0.25) is 15.5 Å². The molecule has 0 bridgehead atoms. The number of aromatic nitrogens is 1. The maximum atomic E-state index is 10.5. The van der Waals surface area contributed by atoms with Gasteiger partial charge in [0.2, 0.25) is 0 Å². The first-order valence-electron chi connectivity index (χ1n) is 4.80. The average molecular weight is 283 g/mol. The molecule has 2 rings (SSSR count). The van der Waals surface area contributed by atoms with E-state index in [-0.39, 0.29) is 10.9 Å². The van der Waals surface area contributed by atoms with Crippen molar-refractivity contribution in [1.82, 2.24) is 4.98 Å². The quantitative estimate of drug-likeness (QED) is 0.531. The second kappa shape index (κ2) is 5.56. The summed E-state index contributed by atoms with van der Waals surface area (Å²) in [7, 11) is 0. The van der Waals surface area contributed by atoms with E-state index in [9.17, 15) is 10.1 Å². The van der Waals surface area contributed by atoms with Crippen LogP contribution in [0.4, 0.5) is 11.4 Å². The number of rotatable bonds is 4. The van der Waals surface area contributed by atoms with Crippen LogP contribution in [-0.4, -0.2) is 15.1 Å². The number of nitro groups is 1. The number of hydrazone groups is 1. The molecule has 8 heteroatoms. The molecule has 1 N–H and O–H groups in total. The summed E-state index contributed by atoms with van der Waals surface area (Å²) in [5, 5.41) is 17.0. The van der Waals surface area contributed by atoms with E-state index in [0.29, 0.717) is 10.7 Å². The molecule has 92 valence electrons. The van der Waals surface area contributed by atoms with Crippen LogP contribution in [0.15, 0.2) is 40.9 Å². The van der Waals surface area contributed by atoms with Crippen LogP contribution < -0.4 is 5.43 Å². The van der Waals surface area contributed by atoms with Gasteiger partial charge in [-0.2, -0.15) is 5.10 Å². The summed E-state index contributed by atoms with van der Waals surface area (Å²) in [5.74, 6) is 0. The van der Waals surface area contributed by atoms with Crippen LogP contribution >= 0.6 is 22.9 Å². The molecule has 0 amide bonds. The fourth-order valence-electron chi connectivity index (χ4n) is 1.14. The van der Waals surface area contributed by atoms with E-state index in [0.717, 1.165) is 0 Å². The van der Waals surface area contributed by atoms with E-state index in [1.165, 1.54) is 23.5 Å². The van der Waals surface area contributed by atoms with Crippen LogP contribution in [0.1, 0.15) is 5.01 Å². The van der Waals surface area contributed by atoms with Crippen molar-refractivity contribution in [2.45, 2.75) is 0 Å². The van der Waals surface area contributed by atoms with Crippen molar-refractivity contribution in [1.29, 1.82) is 0 Å². The summed E-state index contributed by atoms with van der Waals surface area (Å²) >= 11 is 7.28. The minimum atomic E-state index is -0.463. The molecule has 0 aliphatic carbocycles. The largest absolute Gasteiger partial charge is 0.277 e. The van der Waals surface area contributed by atoms with Crippen LogP contribution in [0.2, 0.25) is 0 Å². The zero-order chi connectivity index (χ0) is 13.0. The number of benzene rings is 1. The smallest absolute Gasteiger partial charge is 0.269 e. The van der Waals surface area contributed by atoms with Crippen molar-refractivity contribution < 1.29 is 4.92 Å². The molecule has 0 aliphatic rings. The zero-order valence-electron chi connectivity index (χ0n) is 8.91. The summed E-state index contributed by atoms with van der Waals surface area (Å²) in [6.45, 7) is 0. The Morgan fingerprint density at radius 2 is 2.17 bits per heavy atom. The lowest BCUT2D eigenvalue weighted by Crippen LogP contribution is -1.96. The number of nitro benzene ring substituents is 1. The van der Waals surface area contributed by atoms with Crippen LogP contribution in [0.3, 0.4) is 0 Å². The summed E-state index contributed by atoms with van der Waals surface area (Å²) in [6, 6.07) is 5.87. The molecular weight excluding hydrogens is 276 g/mol. The fraction of sp³-hybridized carbons (Fsp3) is 0. The lowest BCUT2D eigenvalue weighted by Gasteiger charge is -2.00. The monoisotopic (exact) mass is 282 g/mol. The first kappa shape index (κ1) is 12.5. The van der Waals surface area contributed by atoms with Crippen molar-refractivity contribution >= 4 is 39.5 Å². The SMILES string of the molecule is O=[N+]([O-])c1ccc(N/N=C(\Cl)c2nccs2)cc1. The highest BCUT2D eigenvalue weighted by atomic mass is 35.5. The zero-order valence-corrected chi connectivity index (χ0v) is 10.5. The molecule has 18 heavy (non-hydrogen) atoms. The standard InChI is InChI=1S/C10H7ClN4O2S/c11-9(10-12-5-6-18-10)14-13-7-1-3-8(4-2-7)15(16)17/h1-6,13H/b14-9-. The molecule has 0 radical (unpaired) electrons. The lowest BCUT2D eigenvalue weighted by molar-refractivity contribution is -0.384. The van der Waals surface area contributed by atoms with Gasteiger partial charge < -0.3 is 0 Å². The number of halogens is 1. The van der Waals surface area contributed by atoms with E-state index in [4.69, 9.17) is 11.6 Å². The molecule has 1 aromatic heterocycles. The molecular formula is C10H7ClN4O2S. The molecule has 0 saturated carbocycles. The van der Waals surface area contributed by atoms with Crippen LogP contribution in [0.25, 0.3) is 0 Å². The number of hydrogen-bond donors (Lipinski definition) is 1. The van der Waals surface area contributed by atoms with E-state index < -0.39 is 4.92 Å². The number of hydrogen-bond acceptors (Lipinski definition) is 6. The van der Waals surface area contributed by atoms with Gasteiger partial charge in [0.05, 0.1) is 10.6 Å². The Kier molecular flexibility index (Phi) is 3.85. The minimum Gasteiger partial charge on any atom is -0.277 e. The maximum absolute atomic E-state index is 10.5. The second-order valence-corrected chi connectivity index (χ2v) is 4.41. The molecule has 0 saturated heterocycles. The van der Waals surface area contributed by atoms with Gasteiger partial charge in [-0.25, -0.2) is 4.98 Å². The van der Waals surface area contributed by atoms with Gasteiger partial charge in [0.25, 0.3) is 5.69 Å². The highest BCUT2D eigenvalue weighted by Gasteiger charge is 2.04. The number of nitrogens with one attached hydrogen (secondary N) is 1. The average Bonchev–Trinajstić information content (AvgIpc) is 2.90. The molecule has 2 aromatic rings. The first-order valence-corrected chi connectivity index (χ1v) is 6.06. The van der Waals surface area contributed by atoms with Gasteiger partial charge in [-0.15, -0.1) is 11.3 Å². The van der Waals surface area contributed by atoms with Crippen molar-refractivity contribution in [3.63, 3.8) is 0 Å². The Bertz CT molecular complexity index is 568. The molecule has 6 nitrogen and oxygen atoms in total. The van der Waals surface area contributed by atoms with E-state index >= 15 is 0 Å². The Morgan fingerprint density at radius 3 is 2.72 bits per heavy atom. The molecule has 0 fully saturated rings. The Labute approximate surface area is 111 Å². The van der Waals surface area contributed by atoms with Gasteiger partial charge in [0.1, 0.15) is 0 Å². The summed E-state index contributed by atoms with van der Waals surface area (Å²) in [5.41, 5.74) is 3.33. The predicted octanol–water partition coefficient (Wildman–Crippen LogP) is 3.06. The van der Waals surface area contributed by atoms with Crippen molar-refractivity contribution in [3.05, 3.63) is 51.0 Å². The van der Waals surface area contributed by atoms with Gasteiger partial charge in [0, 0.05) is 23.7 Å². The van der Waals surface area contributed by atoms with Gasteiger partial charge in [-0.05, 0) is 12.1 Å². The molecule has 0 atom stereocenters. The number of nitrogens with zero attached hydrogens (tertiary/aromatic N) is 3. The highest BCUT2D eigenvalue weighted by Crippen LogP contribution is 2.16. The fourth-order valence-corrected chi connectivity index (χ4v) is 1.88. The molecule has 1 heterocycles. The third-order valence-electron chi connectivity index (χ3n) is 1.97. The molecule has 0 unspecified atom stereocenters. The normalized spacial score (nSPS) is 11.3. The maximum Gasteiger partial charge on any atom is 0.269 e. The van der Waals surface area contributed by atoms with E-state index in [1.54, 1.807) is 23.7 Å². The topological polar surface area (TPSA) is 80.4 Å². The van der Waals surface area contributed by atoms with E-state index in [1.807, 2.05) is 0 Å². The number of anilines is 1. The van der Waals surface area contributed by atoms with Gasteiger partial charge in [-0.1, -0.05) is 11.6 Å². The van der Waals surface area contributed by atoms with Crippen LogP contribution in [0.5, 0.6) is 0 Å². The minimum absolute atomic E-state index is 0.0237. The second-order valence-electron chi connectivity index (χ2n) is 3.16. The van der Waals surface area contributed by atoms with Crippen LogP contribution in [0, 0.1) is 10.1 Å². The summed E-state index contributed by atoms with van der Waals surface area (Å²) in [4.78, 5) is 14.0. The highest BCUT2D eigenvalue weighted by molar-refractivity contribution is 7.13. The lowest BCUT2D eigenvalue weighted by atomic mass is 10.3. The first-order chi connectivity index (χ1) is 8.66. The Hall–Kier alpha value is -1.99. The molecule has 0 aliphatic heterocycles. The molecule has 1 aromatic carbocycles. The van der Waals surface area contributed by atoms with Crippen molar-refractivity contribution in [3.8, 4) is 0 Å². The van der Waals surface area contributed by atoms with Crippen molar-refractivity contribution in [2.24, 2.45) is 5.10 Å². The Balaban J connectivity index is 2.06. The summed E-state index contributed by atoms with van der Waals surface area (Å²) in [6.07, 6.45) is 1.63. The van der Waals surface area contributed by atoms with Crippen LogP contribution in [-0.2, 0) is 0 Å².